The van der Waals surface area contributed by atoms with E-state index in [1.807, 2.05) is 23.4 Å². The Morgan fingerprint density at radius 3 is 2.13 bits per heavy atom. The molecule has 2 heterocycles. The van der Waals surface area contributed by atoms with Gasteiger partial charge in [0, 0.05) is 6.20 Å². The lowest BCUT2D eigenvalue weighted by atomic mass is 9.75. The van der Waals surface area contributed by atoms with E-state index in [2.05, 4.69) is 109 Å². The van der Waals surface area contributed by atoms with Gasteiger partial charge in [-0.25, -0.2) is 4.39 Å². The summed E-state index contributed by atoms with van der Waals surface area (Å²) in [5.74, 6) is 0.323. The van der Waals surface area contributed by atoms with Gasteiger partial charge in [-0.2, -0.15) is 0 Å². The third-order valence-corrected chi connectivity index (χ3v) is 19.2. The van der Waals surface area contributed by atoms with Crippen LogP contribution in [0, 0.1) is 5.92 Å². The maximum atomic E-state index is 14.6. The fourth-order valence-electron chi connectivity index (χ4n) is 5.03. The highest BCUT2D eigenvalue weighted by Crippen LogP contribution is 2.48. The molecule has 38 heavy (non-hydrogen) atoms. The zero-order valence-electron chi connectivity index (χ0n) is 25.7. The SMILES string of the molecule is CC1C=CC(F)=C(Br)N1c1cnccc1[C@@H]1C[C@H](O[Si](C)(C)C(C)(C)C)[C@H](O[Si](C)(C)C(C)(C)C)[C@@H](C)C1. The van der Waals surface area contributed by atoms with E-state index in [1.165, 1.54) is 11.6 Å². The summed E-state index contributed by atoms with van der Waals surface area (Å²) in [5.41, 5.74) is 2.16. The molecule has 0 amide bonds. The molecule has 8 heteroatoms. The lowest BCUT2D eigenvalue weighted by molar-refractivity contribution is -0.0305. The summed E-state index contributed by atoms with van der Waals surface area (Å²) in [6.07, 6.45) is 9.13. The second kappa shape index (κ2) is 11.2. The van der Waals surface area contributed by atoms with Gasteiger partial charge in [0.15, 0.2) is 22.5 Å². The van der Waals surface area contributed by atoms with Gasteiger partial charge in [0.25, 0.3) is 0 Å². The topological polar surface area (TPSA) is 34.6 Å². The summed E-state index contributed by atoms with van der Waals surface area (Å²) in [6.45, 7) is 27.6. The second-order valence-electron chi connectivity index (χ2n) is 14.4. The van der Waals surface area contributed by atoms with E-state index in [4.69, 9.17) is 8.85 Å². The molecule has 5 atom stereocenters. The molecular formula is C30H50BrFN2O2Si2. The second-order valence-corrected chi connectivity index (χ2v) is 24.7. The molecule has 1 aliphatic heterocycles. The highest BCUT2D eigenvalue weighted by Gasteiger charge is 2.49. The van der Waals surface area contributed by atoms with E-state index in [-0.39, 0.29) is 40.1 Å². The monoisotopic (exact) mass is 624 g/mol. The number of allylic oxidation sites excluding steroid dienone is 2. The first-order valence-electron chi connectivity index (χ1n) is 14.1. The Balaban J connectivity index is 2.03. The third kappa shape index (κ3) is 6.56. The number of hydrogen-bond donors (Lipinski definition) is 0. The van der Waals surface area contributed by atoms with Gasteiger partial charge in [0.05, 0.1) is 30.1 Å². The number of halogens is 2. The Kier molecular flexibility index (Phi) is 9.37. The molecule has 3 rings (SSSR count). The fourth-order valence-corrected chi connectivity index (χ4v) is 8.44. The van der Waals surface area contributed by atoms with Crippen molar-refractivity contribution in [3.63, 3.8) is 0 Å². The number of rotatable bonds is 6. The molecule has 1 fully saturated rings. The lowest BCUT2D eigenvalue weighted by Gasteiger charge is -2.50. The van der Waals surface area contributed by atoms with Crippen LogP contribution in [-0.2, 0) is 8.85 Å². The minimum absolute atomic E-state index is 0.00850. The number of anilines is 1. The molecule has 1 saturated carbocycles. The molecule has 0 radical (unpaired) electrons. The summed E-state index contributed by atoms with van der Waals surface area (Å²) in [5, 5.41) is 0.235. The van der Waals surface area contributed by atoms with Crippen molar-refractivity contribution in [2.75, 3.05) is 4.90 Å². The Labute approximate surface area is 241 Å². The molecule has 1 aromatic rings. The quantitative estimate of drug-likeness (QED) is 0.233. The first kappa shape index (κ1) is 31.7. The van der Waals surface area contributed by atoms with E-state index < -0.39 is 16.6 Å². The van der Waals surface area contributed by atoms with Crippen LogP contribution in [-0.4, -0.2) is 39.9 Å². The first-order valence-corrected chi connectivity index (χ1v) is 20.7. The van der Waals surface area contributed by atoms with Gasteiger partial charge >= 0.3 is 0 Å². The van der Waals surface area contributed by atoms with Gasteiger partial charge in [-0.1, -0.05) is 54.5 Å². The zero-order chi connectivity index (χ0) is 28.8. The van der Waals surface area contributed by atoms with Gasteiger partial charge in [-0.05, 0) is 102 Å². The van der Waals surface area contributed by atoms with Crippen LogP contribution < -0.4 is 4.90 Å². The highest BCUT2D eigenvalue weighted by atomic mass is 79.9. The molecule has 1 aromatic heterocycles. The predicted octanol–water partition coefficient (Wildman–Crippen LogP) is 9.67. The molecule has 0 aromatic carbocycles. The van der Waals surface area contributed by atoms with Crippen LogP contribution in [0.15, 0.2) is 41.0 Å². The smallest absolute Gasteiger partial charge is 0.192 e. The van der Waals surface area contributed by atoms with Crippen LogP contribution in [0.2, 0.25) is 36.3 Å². The van der Waals surface area contributed by atoms with E-state index in [1.54, 1.807) is 0 Å². The van der Waals surface area contributed by atoms with Crippen LogP contribution >= 0.6 is 15.9 Å². The third-order valence-electron chi connectivity index (χ3n) is 9.46. The van der Waals surface area contributed by atoms with E-state index in [9.17, 15) is 4.39 Å². The van der Waals surface area contributed by atoms with Crippen molar-refractivity contribution in [3.05, 3.63) is 46.6 Å². The van der Waals surface area contributed by atoms with E-state index in [0.717, 1.165) is 18.5 Å². The van der Waals surface area contributed by atoms with E-state index in [0.29, 0.717) is 10.5 Å². The van der Waals surface area contributed by atoms with Crippen molar-refractivity contribution in [1.29, 1.82) is 0 Å². The zero-order valence-corrected chi connectivity index (χ0v) is 29.2. The Bertz CT molecular complexity index is 1060. The van der Waals surface area contributed by atoms with Crippen LogP contribution in [0.4, 0.5) is 10.1 Å². The summed E-state index contributed by atoms with van der Waals surface area (Å²) in [6, 6.07) is 2.13. The number of nitrogens with zero attached hydrogens (tertiary/aromatic N) is 2. The summed E-state index contributed by atoms with van der Waals surface area (Å²) in [4.78, 5) is 6.47. The van der Waals surface area contributed by atoms with Crippen LogP contribution in [0.25, 0.3) is 0 Å². The van der Waals surface area contributed by atoms with Gasteiger partial charge in [-0.3, -0.25) is 4.98 Å². The molecule has 0 bridgehead atoms. The number of pyridine rings is 1. The van der Waals surface area contributed by atoms with Gasteiger partial charge in [0.1, 0.15) is 4.61 Å². The van der Waals surface area contributed by atoms with Crippen molar-refractivity contribution in [3.8, 4) is 0 Å². The minimum Gasteiger partial charge on any atom is -0.411 e. The lowest BCUT2D eigenvalue weighted by Crippen LogP contribution is -2.55. The number of hydrogen-bond acceptors (Lipinski definition) is 4. The molecular weight excluding hydrogens is 575 g/mol. The molecule has 1 unspecified atom stereocenters. The average Bonchev–Trinajstić information content (AvgIpc) is 2.77. The van der Waals surface area contributed by atoms with Gasteiger partial charge < -0.3 is 13.8 Å². The van der Waals surface area contributed by atoms with Gasteiger partial charge in [0.2, 0.25) is 0 Å². The Morgan fingerprint density at radius 2 is 1.55 bits per heavy atom. The fraction of sp³-hybridized carbons (Fsp3) is 0.700. The molecule has 0 N–H and O–H groups in total. The van der Waals surface area contributed by atoms with Crippen molar-refractivity contribution >= 4 is 38.3 Å². The van der Waals surface area contributed by atoms with Crippen molar-refractivity contribution in [2.45, 2.75) is 129 Å². The molecule has 0 saturated heterocycles. The summed E-state index contributed by atoms with van der Waals surface area (Å²) < 4.78 is 29.4. The van der Waals surface area contributed by atoms with Crippen molar-refractivity contribution < 1.29 is 13.2 Å². The average molecular weight is 626 g/mol. The highest BCUT2D eigenvalue weighted by molar-refractivity contribution is 9.11. The minimum atomic E-state index is -2.05. The molecule has 0 spiro atoms. The Morgan fingerprint density at radius 1 is 0.974 bits per heavy atom. The molecule has 1 aliphatic carbocycles. The predicted molar refractivity (Wildman–Crippen MR) is 168 cm³/mol. The standard InChI is InChI=1S/C30H50BrFN2O2Si2/c1-20-17-22(23-15-16-33-19-25(23)34-21(2)13-14-24(32)28(34)31)18-26(35-37(9,10)29(3,4)5)27(20)36-38(11,12)30(6,7)8/h13-16,19-22,26-27H,17-18H2,1-12H3/t20-,21?,22-,26-,27+/m0/s1. The van der Waals surface area contributed by atoms with Gasteiger partial charge in [-0.15, -0.1) is 0 Å². The summed E-state index contributed by atoms with van der Waals surface area (Å²) >= 11 is 3.52. The maximum Gasteiger partial charge on any atom is 0.192 e. The molecule has 2 aliphatic rings. The van der Waals surface area contributed by atoms with Crippen molar-refractivity contribution in [2.24, 2.45) is 5.92 Å². The van der Waals surface area contributed by atoms with Crippen molar-refractivity contribution in [1.82, 2.24) is 4.98 Å². The van der Waals surface area contributed by atoms with Crippen LogP contribution in [0.1, 0.15) is 79.7 Å². The van der Waals surface area contributed by atoms with Crippen LogP contribution in [0.5, 0.6) is 0 Å². The number of aromatic nitrogens is 1. The maximum absolute atomic E-state index is 14.6. The Hall–Kier alpha value is -0.806. The molecule has 4 nitrogen and oxygen atoms in total. The largest absolute Gasteiger partial charge is 0.411 e. The normalized spacial score (nSPS) is 27.7. The van der Waals surface area contributed by atoms with E-state index >= 15 is 0 Å². The molecule has 214 valence electrons. The van der Waals surface area contributed by atoms with Crippen LogP contribution in [0.3, 0.4) is 0 Å². The first-order chi connectivity index (χ1) is 17.3. The summed E-state index contributed by atoms with van der Waals surface area (Å²) in [7, 11) is -4.06.